The van der Waals surface area contributed by atoms with Crippen molar-refractivity contribution in [3.63, 3.8) is 0 Å². The number of carboxylic acids is 1. The fraction of sp³-hybridized carbons (Fsp3) is 0.133. The van der Waals surface area contributed by atoms with Crippen LogP contribution in [-0.4, -0.2) is 11.1 Å². The van der Waals surface area contributed by atoms with Gasteiger partial charge in [0.05, 0.1) is 5.56 Å². The Labute approximate surface area is 116 Å². The summed E-state index contributed by atoms with van der Waals surface area (Å²) in [4.78, 5) is 11.0. The third-order valence-electron chi connectivity index (χ3n) is 3.02. The van der Waals surface area contributed by atoms with Gasteiger partial charge in [-0.05, 0) is 42.8 Å². The average Bonchev–Trinajstić information content (AvgIpc) is 2.40. The number of nitrogen functional groups attached to an aromatic ring is 1. The van der Waals surface area contributed by atoms with Gasteiger partial charge in [-0.3, -0.25) is 0 Å². The third kappa shape index (κ3) is 3.06. The number of halogens is 1. The second kappa shape index (κ2) is 5.61. The SMILES string of the molecule is CC(Nc1ccc(N)c(C(=O)O)c1)c1cccc(F)c1. The standard InChI is InChI=1S/C15H15FN2O2/c1-9(10-3-2-4-11(16)7-10)18-12-5-6-14(17)13(8-12)15(19)20/h2-9,18H,17H2,1H3,(H,19,20). The Morgan fingerprint density at radius 2 is 2.05 bits per heavy atom. The first kappa shape index (κ1) is 13.9. The maximum Gasteiger partial charge on any atom is 0.337 e. The number of aromatic carboxylic acids is 1. The zero-order valence-corrected chi connectivity index (χ0v) is 10.9. The van der Waals surface area contributed by atoms with Crippen molar-refractivity contribution in [3.05, 3.63) is 59.4 Å². The Bertz CT molecular complexity index is 644. The molecule has 0 saturated carbocycles. The highest BCUT2D eigenvalue weighted by molar-refractivity contribution is 5.94. The van der Waals surface area contributed by atoms with Gasteiger partial charge in [0.25, 0.3) is 0 Å². The number of carbonyl (C=O) groups is 1. The largest absolute Gasteiger partial charge is 0.478 e. The first-order chi connectivity index (χ1) is 9.47. The maximum absolute atomic E-state index is 13.2. The molecular formula is C15H15FN2O2. The summed E-state index contributed by atoms with van der Waals surface area (Å²) in [7, 11) is 0. The molecule has 4 N–H and O–H groups in total. The summed E-state index contributed by atoms with van der Waals surface area (Å²) in [5.41, 5.74) is 7.24. The van der Waals surface area contributed by atoms with Crippen molar-refractivity contribution in [1.29, 1.82) is 0 Å². The monoisotopic (exact) mass is 274 g/mol. The van der Waals surface area contributed by atoms with Gasteiger partial charge in [-0.1, -0.05) is 12.1 Å². The first-order valence-electron chi connectivity index (χ1n) is 6.12. The van der Waals surface area contributed by atoms with E-state index in [2.05, 4.69) is 5.32 Å². The van der Waals surface area contributed by atoms with E-state index < -0.39 is 5.97 Å². The number of hydrogen-bond donors (Lipinski definition) is 3. The molecular weight excluding hydrogens is 259 g/mol. The molecule has 0 aromatic heterocycles. The molecule has 2 aromatic carbocycles. The fourth-order valence-corrected chi connectivity index (χ4v) is 1.94. The van der Waals surface area contributed by atoms with Gasteiger partial charge >= 0.3 is 5.97 Å². The molecule has 0 amide bonds. The third-order valence-corrected chi connectivity index (χ3v) is 3.02. The van der Waals surface area contributed by atoms with Crippen LogP contribution in [0.5, 0.6) is 0 Å². The number of nitrogens with one attached hydrogen (secondary N) is 1. The van der Waals surface area contributed by atoms with Crippen LogP contribution in [0.2, 0.25) is 0 Å². The lowest BCUT2D eigenvalue weighted by Gasteiger charge is -2.16. The van der Waals surface area contributed by atoms with Crippen molar-refractivity contribution in [2.45, 2.75) is 13.0 Å². The minimum absolute atomic E-state index is 0.0430. The smallest absolute Gasteiger partial charge is 0.337 e. The van der Waals surface area contributed by atoms with Crippen molar-refractivity contribution in [1.82, 2.24) is 0 Å². The van der Waals surface area contributed by atoms with E-state index in [1.54, 1.807) is 18.2 Å². The van der Waals surface area contributed by atoms with E-state index in [9.17, 15) is 9.18 Å². The average molecular weight is 274 g/mol. The molecule has 0 aliphatic carbocycles. The van der Waals surface area contributed by atoms with Gasteiger partial charge < -0.3 is 16.2 Å². The van der Waals surface area contributed by atoms with Gasteiger partial charge in [0, 0.05) is 17.4 Å². The number of anilines is 2. The Morgan fingerprint density at radius 3 is 2.70 bits per heavy atom. The van der Waals surface area contributed by atoms with Crippen LogP contribution in [0.3, 0.4) is 0 Å². The Hall–Kier alpha value is -2.56. The van der Waals surface area contributed by atoms with Crippen LogP contribution < -0.4 is 11.1 Å². The van der Waals surface area contributed by atoms with Gasteiger partial charge in [0.2, 0.25) is 0 Å². The molecule has 0 heterocycles. The van der Waals surface area contributed by atoms with E-state index in [1.807, 2.05) is 6.92 Å². The van der Waals surface area contributed by atoms with E-state index in [-0.39, 0.29) is 23.1 Å². The van der Waals surface area contributed by atoms with Crippen LogP contribution >= 0.6 is 0 Å². The van der Waals surface area contributed by atoms with Crippen molar-refractivity contribution >= 4 is 17.3 Å². The highest BCUT2D eigenvalue weighted by Crippen LogP contribution is 2.23. The summed E-state index contributed by atoms with van der Waals surface area (Å²) >= 11 is 0. The van der Waals surface area contributed by atoms with Crippen molar-refractivity contribution < 1.29 is 14.3 Å². The number of hydrogen-bond acceptors (Lipinski definition) is 3. The molecule has 0 aliphatic heterocycles. The highest BCUT2D eigenvalue weighted by Gasteiger charge is 2.11. The Morgan fingerprint density at radius 1 is 1.30 bits per heavy atom. The van der Waals surface area contributed by atoms with Crippen LogP contribution in [0.4, 0.5) is 15.8 Å². The predicted molar refractivity (Wildman–Crippen MR) is 76.3 cm³/mol. The molecule has 0 saturated heterocycles. The molecule has 104 valence electrons. The molecule has 0 spiro atoms. The van der Waals surface area contributed by atoms with Gasteiger partial charge in [0.15, 0.2) is 0 Å². The Balaban J connectivity index is 2.22. The fourth-order valence-electron chi connectivity index (χ4n) is 1.94. The van der Waals surface area contributed by atoms with Crippen LogP contribution in [-0.2, 0) is 0 Å². The molecule has 1 atom stereocenters. The highest BCUT2D eigenvalue weighted by atomic mass is 19.1. The number of rotatable bonds is 4. The first-order valence-corrected chi connectivity index (χ1v) is 6.12. The lowest BCUT2D eigenvalue weighted by molar-refractivity contribution is 0.0698. The molecule has 0 fully saturated rings. The topological polar surface area (TPSA) is 75.3 Å². The van der Waals surface area contributed by atoms with Crippen LogP contribution in [0.15, 0.2) is 42.5 Å². The molecule has 1 unspecified atom stereocenters. The van der Waals surface area contributed by atoms with Gasteiger partial charge in [0.1, 0.15) is 5.82 Å². The molecule has 5 heteroatoms. The number of nitrogens with two attached hydrogens (primary N) is 1. The Kier molecular flexibility index (Phi) is 3.89. The minimum atomic E-state index is -1.08. The van der Waals surface area contributed by atoms with Crippen molar-refractivity contribution in [2.24, 2.45) is 0 Å². The van der Waals surface area contributed by atoms with Crippen LogP contribution in [0.1, 0.15) is 28.9 Å². The second-order valence-corrected chi connectivity index (χ2v) is 4.53. The van der Waals surface area contributed by atoms with Gasteiger partial charge in [-0.15, -0.1) is 0 Å². The summed E-state index contributed by atoms with van der Waals surface area (Å²) in [5, 5.41) is 12.1. The molecule has 0 aliphatic rings. The minimum Gasteiger partial charge on any atom is -0.478 e. The normalized spacial score (nSPS) is 11.9. The zero-order chi connectivity index (χ0) is 14.7. The summed E-state index contributed by atoms with van der Waals surface area (Å²) in [5.74, 6) is -1.38. The predicted octanol–water partition coefficient (Wildman–Crippen LogP) is 3.28. The van der Waals surface area contributed by atoms with Gasteiger partial charge in [-0.2, -0.15) is 0 Å². The van der Waals surface area contributed by atoms with E-state index >= 15 is 0 Å². The van der Waals surface area contributed by atoms with Crippen LogP contribution in [0.25, 0.3) is 0 Å². The lowest BCUT2D eigenvalue weighted by Crippen LogP contribution is -2.09. The maximum atomic E-state index is 13.2. The number of carboxylic acid groups (broad SMARTS) is 1. The zero-order valence-electron chi connectivity index (χ0n) is 10.9. The van der Waals surface area contributed by atoms with Crippen LogP contribution in [0, 0.1) is 5.82 Å². The summed E-state index contributed by atoms with van der Waals surface area (Å²) in [6, 6.07) is 10.8. The van der Waals surface area contributed by atoms with E-state index in [0.29, 0.717) is 5.69 Å². The van der Waals surface area contributed by atoms with Crippen molar-refractivity contribution in [3.8, 4) is 0 Å². The lowest BCUT2D eigenvalue weighted by atomic mass is 10.1. The molecule has 20 heavy (non-hydrogen) atoms. The number of benzene rings is 2. The molecule has 0 bridgehead atoms. The van der Waals surface area contributed by atoms with Gasteiger partial charge in [-0.25, -0.2) is 9.18 Å². The van der Waals surface area contributed by atoms with Crippen molar-refractivity contribution in [2.75, 3.05) is 11.1 Å². The summed E-state index contributed by atoms with van der Waals surface area (Å²) in [6.45, 7) is 1.87. The van der Waals surface area contributed by atoms with E-state index in [0.717, 1.165) is 5.56 Å². The molecule has 2 aromatic rings. The second-order valence-electron chi connectivity index (χ2n) is 4.53. The van der Waals surface area contributed by atoms with E-state index in [1.165, 1.54) is 24.3 Å². The summed E-state index contributed by atoms with van der Waals surface area (Å²) in [6.07, 6.45) is 0. The molecule has 0 radical (unpaired) electrons. The van der Waals surface area contributed by atoms with E-state index in [4.69, 9.17) is 10.8 Å². The molecule has 2 rings (SSSR count). The quantitative estimate of drug-likeness (QED) is 0.748. The summed E-state index contributed by atoms with van der Waals surface area (Å²) < 4.78 is 13.2. The molecule has 4 nitrogen and oxygen atoms in total.